The normalized spacial score (nSPS) is 12.2. The van der Waals surface area contributed by atoms with Gasteiger partial charge in [-0.2, -0.15) is 0 Å². The van der Waals surface area contributed by atoms with Gasteiger partial charge in [0.05, 0.1) is 0 Å². The third-order valence-electron chi connectivity index (χ3n) is 2.12. The van der Waals surface area contributed by atoms with Crippen LogP contribution in [0, 0.1) is 5.92 Å². The summed E-state index contributed by atoms with van der Waals surface area (Å²) in [5.74, 6) is -0.696. The van der Waals surface area contributed by atoms with Gasteiger partial charge in [0, 0.05) is 20.3 Å². The van der Waals surface area contributed by atoms with E-state index in [9.17, 15) is 9.59 Å². The fourth-order valence-electron chi connectivity index (χ4n) is 1.20. The van der Waals surface area contributed by atoms with E-state index < -0.39 is 18.0 Å². The Kier molecular flexibility index (Phi) is 8.13. The number of hydrogen-bond acceptors (Lipinski definition) is 3. The topological polar surface area (TPSA) is 87.7 Å². The maximum Gasteiger partial charge on any atom is 0.326 e. The summed E-state index contributed by atoms with van der Waals surface area (Å²) in [5, 5.41) is 14.0. The number of carbonyl (C=O) groups is 2. The molecule has 6 nitrogen and oxygen atoms in total. The Morgan fingerprint density at radius 2 is 2.00 bits per heavy atom. The standard InChI is InChI=1S/C11H22N2O4/c1-8(2)7-12-11(16)13-9(10(14)15)5-4-6-17-3/h8-9H,4-7H2,1-3H3,(H,14,15)(H2,12,13,16). The lowest BCUT2D eigenvalue weighted by Gasteiger charge is -2.15. The van der Waals surface area contributed by atoms with Crippen molar-refractivity contribution in [1.29, 1.82) is 0 Å². The van der Waals surface area contributed by atoms with E-state index in [1.807, 2.05) is 13.8 Å². The van der Waals surface area contributed by atoms with E-state index in [1.165, 1.54) is 0 Å². The molecule has 2 amide bonds. The van der Waals surface area contributed by atoms with Gasteiger partial charge in [0.15, 0.2) is 0 Å². The molecular formula is C11H22N2O4. The van der Waals surface area contributed by atoms with Gasteiger partial charge in [-0.15, -0.1) is 0 Å². The van der Waals surface area contributed by atoms with Gasteiger partial charge in [0.25, 0.3) is 0 Å². The summed E-state index contributed by atoms with van der Waals surface area (Å²) in [6, 6.07) is -1.30. The summed E-state index contributed by atoms with van der Waals surface area (Å²) >= 11 is 0. The molecule has 6 heteroatoms. The lowest BCUT2D eigenvalue weighted by molar-refractivity contribution is -0.139. The highest BCUT2D eigenvalue weighted by molar-refractivity contribution is 5.82. The lowest BCUT2D eigenvalue weighted by Crippen LogP contribution is -2.46. The van der Waals surface area contributed by atoms with Crippen LogP contribution in [0.15, 0.2) is 0 Å². The number of carboxylic acids is 1. The minimum Gasteiger partial charge on any atom is -0.480 e. The maximum atomic E-state index is 11.4. The summed E-state index contributed by atoms with van der Waals surface area (Å²) < 4.78 is 4.83. The number of methoxy groups -OCH3 is 1. The van der Waals surface area contributed by atoms with Crippen molar-refractivity contribution in [3.63, 3.8) is 0 Å². The van der Waals surface area contributed by atoms with Crippen molar-refractivity contribution in [3.05, 3.63) is 0 Å². The fraction of sp³-hybridized carbons (Fsp3) is 0.818. The number of carbonyl (C=O) groups excluding carboxylic acids is 1. The predicted molar refractivity (Wildman–Crippen MR) is 63.9 cm³/mol. The smallest absolute Gasteiger partial charge is 0.326 e. The monoisotopic (exact) mass is 246 g/mol. The molecule has 0 aromatic carbocycles. The molecule has 0 aliphatic rings. The van der Waals surface area contributed by atoms with Gasteiger partial charge >= 0.3 is 12.0 Å². The Morgan fingerprint density at radius 3 is 2.47 bits per heavy atom. The molecule has 0 saturated heterocycles. The molecule has 0 heterocycles. The van der Waals surface area contributed by atoms with Crippen LogP contribution in [-0.2, 0) is 9.53 Å². The Labute approximate surface area is 102 Å². The molecule has 100 valence electrons. The number of hydrogen-bond donors (Lipinski definition) is 3. The number of aliphatic carboxylic acids is 1. The zero-order valence-electron chi connectivity index (χ0n) is 10.7. The van der Waals surface area contributed by atoms with Crippen molar-refractivity contribution in [2.45, 2.75) is 32.7 Å². The zero-order chi connectivity index (χ0) is 13.3. The average Bonchev–Trinajstić information content (AvgIpc) is 2.25. The minimum absolute atomic E-state index is 0.331. The van der Waals surface area contributed by atoms with Crippen LogP contribution in [0.5, 0.6) is 0 Å². The molecule has 0 bridgehead atoms. The first kappa shape index (κ1) is 15.7. The second-order valence-corrected chi connectivity index (χ2v) is 4.27. The molecule has 0 aromatic rings. The summed E-state index contributed by atoms with van der Waals surface area (Å²) in [6.45, 7) is 4.94. The molecule has 0 saturated carbocycles. The average molecular weight is 246 g/mol. The molecule has 0 aromatic heterocycles. The van der Waals surface area contributed by atoms with Gasteiger partial charge in [-0.25, -0.2) is 9.59 Å². The van der Waals surface area contributed by atoms with Crippen molar-refractivity contribution in [2.24, 2.45) is 5.92 Å². The molecule has 0 aliphatic carbocycles. The van der Waals surface area contributed by atoms with Gasteiger partial charge < -0.3 is 20.5 Å². The predicted octanol–water partition coefficient (Wildman–Crippen LogP) is 0.821. The molecule has 0 aliphatic heterocycles. The molecule has 0 fully saturated rings. The van der Waals surface area contributed by atoms with Crippen LogP contribution in [0.3, 0.4) is 0 Å². The first-order valence-corrected chi connectivity index (χ1v) is 5.73. The van der Waals surface area contributed by atoms with Gasteiger partial charge in [-0.1, -0.05) is 13.8 Å². The maximum absolute atomic E-state index is 11.4. The van der Waals surface area contributed by atoms with E-state index in [0.29, 0.717) is 31.9 Å². The Morgan fingerprint density at radius 1 is 1.35 bits per heavy atom. The van der Waals surface area contributed by atoms with Crippen molar-refractivity contribution in [2.75, 3.05) is 20.3 Å². The fourth-order valence-corrected chi connectivity index (χ4v) is 1.20. The molecule has 17 heavy (non-hydrogen) atoms. The Balaban J connectivity index is 3.98. The molecule has 1 unspecified atom stereocenters. The largest absolute Gasteiger partial charge is 0.480 e. The minimum atomic E-state index is -1.03. The second-order valence-electron chi connectivity index (χ2n) is 4.27. The molecule has 3 N–H and O–H groups in total. The highest BCUT2D eigenvalue weighted by atomic mass is 16.5. The summed E-state index contributed by atoms with van der Waals surface area (Å²) in [7, 11) is 1.55. The highest BCUT2D eigenvalue weighted by Crippen LogP contribution is 1.98. The SMILES string of the molecule is COCCCC(NC(=O)NCC(C)C)C(=O)O. The van der Waals surface area contributed by atoms with Crippen LogP contribution in [0.25, 0.3) is 0 Å². The number of carboxylic acid groups (broad SMARTS) is 1. The van der Waals surface area contributed by atoms with Crippen LogP contribution in [0.1, 0.15) is 26.7 Å². The van der Waals surface area contributed by atoms with Gasteiger partial charge in [0.2, 0.25) is 0 Å². The third-order valence-corrected chi connectivity index (χ3v) is 2.12. The number of urea groups is 1. The molecule has 1 atom stereocenters. The van der Waals surface area contributed by atoms with Gasteiger partial charge in [0.1, 0.15) is 6.04 Å². The van der Waals surface area contributed by atoms with Crippen LogP contribution < -0.4 is 10.6 Å². The number of nitrogens with one attached hydrogen (secondary N) is 2. The van der Waals surface area contributed by atoms with E-state index in [2.05, 4.69) is 10.6 Å². The summed E-state index contributed by atoms with van der Waals surface area (Å²) in [5.41, 5.74) is 0. The summed E-state index contributed by atoms with van der Waals surface area (Å²) in [6.07, 6.45) is 0.955. The number of rotatable bonds is 8. The number of ether oxygens (including phenoxy) is 1. The molecule has 0 spiro atoms. The van der Waals surface area contributed by atoms with E-state index in [-0.39, 0.29) is 0 Å². The van der Waals surface area contributed by atoms with E-state index in [0.717, 1.165) is 0 Å². The molecule has 0 rings (SSSR count). The first-order valence-electron chi connectivity index (χ1n) is 5.73. The van der Waals surface area contributed by atoms with Crippen molar-refractivity contribution in [1.82, 2.24) is 10.6 Å². The van der Waals surface area contributed by atoms with Crippen LogP contribution in [-0.4, -0.2) is 43.4 Å². The van der Waals surface area contributed by atoms with Crippen LogP contribution >= 0.6 is 0 Å². The quantitative estimate of drug-likeness (QED) is 0.553. The third kappa shape index (κ3) is 8.50. The van der Waals surface area contributed by atoms with Crippen molar-refractivity contribution < 1.29 is 19.4 Å². The van der Waals surface area contributed by atoms with E-state index in [1.54, 1.807) is 7.11 Å². The van der Waals surface area contributed by atoms with E-state index >= 15 is 0 Å². The van der Waals surface area contributed by atoms with Gasteiger partial charge in [-0.05, 0) is 18.8 Å². The Hall–Kier alpha value is -1.30. The van der Waals surface area contributed by atoms with Gasteiger partial charge in [-0.3, -0.25) is 0 Å². The molecule has 0 radical (unpaired) electrons. The number of amides is 2. The molecular weight excluding hydrogens is 224 g/mol. The zero-order valence-corrected chi connectivity index (χ0v) is 10.7. The lowest BCUT2D eigenvalue weighted by atomic mass is 10.1. The summed E-state index contributed by atoms with van der Waals surface area (Å²) in [4.78, 5) is 22.3. The van der Waals surface area contributed by atoms with Crippen molar-refractivity contribution in [3.8, 4) is 0 Å². The van der Waals surface area contributed by atoms with Crippen molar-refractivity contribution >= 4 is 12.0 Å². The van der Waals surface area contributed by atoms with Crippen LogP contribution in [0.4, 0.5) is 4.79 Å². The van der Waals surface area contributed by atoms with Crippen LogP contribution in [0.2, 0.25) is 0 Å². The highest BCUT2D eigenvalue weighted by Gasteiger charge is 2.19. The van der Waals surface area contributed by atoms with E-state index in [4.69, 9.17) is 9.84 Å². The Bertz CT molecular complexity index is 244. The second kappa shape index (κ2) is 8.81. The first-order chi connectivity index (χ1) is 7.97.